The number of carbonyl (C=O) groups is 1. The SMILES string of the molecule is C=Nc1c(SCN2C(=O)NC3CCNCC32)ccc2c1CCO2. The van der Waals surface area contributed by atoms with Crippen LogP contribution in [0.2, 0.25) is 0 Å². The standard InChI is InChI=1S/C16H20N4O2S/c1-17-15-10-5-7-22-13(10)2-3-14(15)23-9-20-12-8-18-6-4-11(12)19-16(20)21/h2-3,11-12,18H,1,4-9H2,(H,19,21). The maximum absolute atomic E-state index is 12.2. The Hall–Kier alpha value is -1.73. The van der Waals surface area contributed by atoms with E-state index in [1.54, 1.807) is 11.8 Å². The molecule has 6 nitrogen and oxygen atoms in total. The van der Waals surface area contributed by atoms with Crippen LogP contribution >= 0.6 is 11.8 Å². The lowest BCUT2D eigenvalue weighted by Crippen LogP contribution is -2.49. The second-order valence-corrected chi connectivity index (χ2v) is 6.99. The molecular formula is C16H20N4O2S. The maximum Gasteiger partial charge on any atom is 0.318 e. The zero-order valence-corrected chi connectivity index (χ0v) is 13.7. The Kier molecular flexibility index (Phi) is 3.90. The van der Waals surface area contributed by atoms with Crippen molar-refractivity contribution in [3.63, 3.8) is 0 Å². The summed E-state index contributed by atoms with van der Waals surface area (Å²) < 4.78 is 5.58. The minimum Gasteiger partial charge on any atom is -0.493 e. The molecule has 0 aromatic heterocycles. The van der Waals surface area contributed by atoms with Gasteiger partial charge in [-0.25, -0.2) is 4.79 Å². The third-order valence-corrected chi connectivity index (χ3v) is 5.80. The average molecular weight is 332 g/mol. The van der Waals surface area contributed by atoms with Crippen LogP contribution in [0.5, 0.6) is 5.75 Å². The number of rotatable bonds is 4. The minimum absolute atomic E-state index is 0.0359. The number of fused-ring (bicyclic) bond motifs is 2. The van der Waals surface area contributed by atoms with Gasteiger partial charge in [-0.2, -0.15) is 0 Å². The number of nitrogens with zero attached hydrogens (tertiary/aromatic N) is 2. The number of hydrogen-bond acceptors (Lipinski definition) is 5. The third kappa shape index (κ3) is 2.57. The Balaban J connectivity index is 1.51. The van der Waals surface area contributed by atoms with E-state index in [1.165, 1.54) is 0 Å². The van der Waals surface area contributed by atoms with Gasteiger partial charge in [0.05, 0.1) is 30.3 Å². The summed E-state index contributed by atoms with van der Waals surface area (Å²) in [6.07, 6.45) is 1.87. The van der Waals surface area contributed by atoms with Crippen molar-refractivity contribution in [2.75, 3.05) is 25.6 Å². The van der Waals surface area contributed by atoms with Crippen LogP contribution in [0.1, 0.15) is 12.0 Å². The van der Waals surface area contributed by atoms with Gasteiger partial charge in [0.25, 0.3) is 0 Å². The second-order valence-electron chi connectivity index (χ2n) is 6.00. The lowest BCUT2D eigenvalue weighted by molar-refractivity contribution is 0.208. The topological polar surface area (TPSA) is 66.0 Å². The Morgan fingerprint density at radius 3 is 3.26 bits per heavy atom. The predicted octanol–water partition coefficient (Wildman–Crippen LogP) is 1.76. The highest BCUT2D eigenvalue weighted by molar-refractivity contribution is 7.99. The number of urea groups is 1. The quantitative estimate of drug-likeness (QED) is 0.651. The fourth-order valence-corrected chi connectivity index (χ4v) is 4.63. The maximum atomic E-state index is 12.2. The molecule has 2 saturated heterocycles. The van der Waals surface area contributed by atoms with Gasteiger partial charge in [-0.3, -0.25) is 4.99 Å². The first-order valence-electron chi connectivity index (χ1n) is 7.94. The smallest absolute Gasteiger partial charge is 0.318 e. The van der Waals surface area contributed by atoms with E-state index in [2.05, 4.69) is 22.3 Å². The highest BCUT2D eigenvalue weighted by atomic mass is 32.2. The van der Waals surface area contributed by atoms with Crippen molar-refractivity contribution in [3.05, 3.63) is 17.7 Å². The molecule has 2 atom stereocenters. The summed E-state index contributed by atoms with van der Waals surface area (Å²) in [7, 11) is 0. The van der Waals surface area contributed by atoms with Crippen LogP contribution < -0.4 is 15.4 Å². The van der Waals surface area contributed by atoms with Gasteiger partial charge < -0.3 is 20.3 Å². The van der Waals surface area contributed by atoms with Crippen LogP contribution in [0.4, 0.5) is 10.5 Å². The first kappa shape index (κ1) is 14.8. The number of nitrogens with one attached hydrogen (secondary N) is 2. The van der Waals surface area contributed by atoms with Gasteiger partial charge in [0.2, 0.25) is 0 Å². The molecule has 0 aliphatic carbocycles. The predicted molar refractivity (Wildman–Crippen MR) is 91.0 cm³/mol. The van der Waals surface area contributed by atoms with E-state index < -0.39 is 0 Å². The number of carbonyl (C=O) groups excluding carboxylic acids is 1. The third-order valence-electron chi connectivity index (χ3n) is 4.75. The molecule has 4 rings (SSSR count). The first-order valence-corrected chi connectivity index (χ1v) is 8.92. The summed E-state index contributed by atoms with van der Waals surface area (Å²) in [4.78, 5) is 19.4. The zero-order valence-electron chi connectivity index (χ0n) is 12.9. The number of thioether (sulfide) groups is 1. The molecule has 1 aromatic rings. The van der Waals surface area contributed by atoms with Crippen LogP contribution in [-0.4, -0.2) is 55.3 Å². The molecule has 3 aliphatic rings. The number of benzene rings is 1. The van der Waals surface area contributed by atoms with E-state index in [-0.39, 0.29) is 18.1 Å². The van der Waals surface area contributed by atoms with Crippen molar-refractivity contribution in [2.45, 2.75) is 29.8 Å². The molecule has 3 heterocycles. The molecule has 122 valence electrons. The molecule has 2 fully saturated rings. The summed E-state index contributed by atoms with van der Waals surface area (Å²) in [6, 6.07) is 4.56. The number of amides is 2. The monoisotopic (exact) mass is 332 g/mol. The summed E-state index contributed by atoms with van der Waals surface area (Å²) in [5.41, 5.74) is 2.04. The van der Waals surface area contributed by atoms with Crippen LogP contribution in [0.15, 0.2) is 22.0 Å². The van der Waals surface area contributed by atoms with Crippen molar-refractivity contribution in [1.82, 2.24) is 15.5 Å². The van der Waals surface area contributed by atoms with E-state index in [4.69, 9.17) is 4.74 Å². The second kappa shape index (κ2) is 6.05. The number of hydrogen-bond donors (Lipinski definition) is 2. The van der Waals surface area contributed by atoms with Crippen molar-refractivity contribution < 1.29 is 9.53 Å². The Morgan fingerprint density at radius 1 is 1.48 bits per heavy atom. The summed E-state index contributed by atoms with van der Waals surface area (Å²) >= 11 is 1.64. The van der Waals surface area contributed by atoms with E-state index in [9.17, 15) is 4.79 Å². The average Bonchev–Trinajstić information content (AvgIpc) is 3.16. The largest absolute Gasteiger partial charge is 0.493 e. The van der Waals surface area contributed by atoms with Crippen LogP contribution in [0.3, 0.4) is 0 Å². The molecule has 2 amide bonds. The summed E-state index contributed by atoms with van der Waals surface area (Å²) in [5.74, 6) is 1.53. The molecule has 2 unspecified atom stereocenters. The first-order chi connectivity index (χ1) is 11.3. The molecule has 7 heteroatoms. The molecular weight excluding hydrogens is 312 g/mol. The van der Waals surface area contributed by atoms with Gasteiger partial charge in [-0.15, -0.1) is 11.8 Å². The van der Waals surface area contributed by atoms with Crippen LogP contribution in [-0.2, 0) is 6.42 Å². The summed E-state index contributed by atoms with van der Waals surface area (Å²) in [5, 5.41) is 6.46. The normalized spacial score (nSPS) is 25.6. The fraction of sp³-hybridized carbons (Fsp3) is 0.500. The van der Waals surface area contributed by atoms with Crippen molar-refractivity contribution in [2.24, 2.45) is 4.99 Å². The molecule has 23 heavy (non-hydrogen) atoms. The number of ether oxygens (including phenoxy) is 1. The number of aliphatic imine (C=N–C) groups is 1. The minimum atomic E-state index is 0.0359. The van der Waals surface area contributed by atoms with Crippen LogP contribution in [0, 0.1) is 0 Å². The van der Waals surface area contributed by atoms with Gasteiger partial charge in [0.15, 0.2) is 0 Å². The van der Waals surface area contributed by atoms with Gasteiger partial charge in [-0.1, -0.05) is 0 Å². The van der Waals surface area contributed by atoms with Gasteiger partial charge >= 0.3 is 6.03 Å². The van der Waals surface area contributed by atoms with Crippen molar-refractivity contribution >= 4 is 30.2 Å². The van der Waals surface area contributed by atoms with E-state index in [0.29, 0.717) is 12.5 Å². The molecule has 1 aromatic carbocycles. The van der Waals surface area contributed by atoms with Gasteiger partial charge in [0, 0.05) is 23.4 Å². The lowest BCUT2D eigenvalue weighted by atomic mass is 10.0. The molecule has 0 bridgehead atoms. The van der Waals surface area contributed by atoms with Crippen LogP contribution in [0.25, 0.3) is 0 Å². The molecule has 0 spiro atoms. The Labute approximate surface area is 139 Å². The molecule has 0 saturated carbocycles. The zero-order chi connectivity index (χ0) is 15.8. The van der Waals surface area contributed by atoms with Gasteiger partial charge in [0.1, 0.15) is 5.75 Å². The highest BCUT2D eigenvalue weighted by Crippen LogP contribution is 2.41. The van der Waals surface area contributed by atoms with E-state index >= 15 is 0 Å². The highest BCUT2D eigenvalue weighted by Gasteiger charge is 2.40. The Morgan fingerprint density at radius 2 is 2.39 bits per heavy atom. The number of piperidine rings is 1. The van der Waals surface area contributed by atoms with Crippen molar-refractivity contribution in [1.29, 1.82) is 0 Å². The Bertz CT molecular complexity index is 651. The van der Waals surface area contributed by atoms with Crippen molar-refractivity contribution in [3.8, 4) is 5.75 Å². The summed E-state index contributed by atoms with van der Waals surface area (Å²) in [6.45, 7) is 6.24. The molecule has 0 radical (unpaired) electrons. The van der Waals surface area contributed by atoms with Gasteiger partial charge in [-0.05, 0) is 31.8 Å². The lowest BCUT2D eigenvalue weighted by Gasteiger charge is -2.30. The molecule has 3 aliphatic heterocycles. The van der Waals surface area contributed by atoms with E-state index in [1.807, 2.05) is 17.0 Å². The molecule has 2 N–H and O–H groups in total. The fourth-order valence-electron chi connectivity index (χ4n) is 3.55. The van der Waals surface area contributed by atoms with E-state index in [0.717, 1.165) is 47.8 Å².